The minimum atomic E-state index is 0.316. The summed E-state index contributed by atoms with van der Waals surface area (Å²) in [6, 6.07) is 0. The molecule has 0 fully saturated rings. The Morgan fingerprint density at radius 1 is 0.667 bits per heavy atom. The Bertz CT molecular complexity index is 204. The van der Waals surface area contributed by atoms with Gasteiger partial charge in [0.15, 0.2) is 0 Å². The number of likely N-dealkylation sites (N-methyl/N-ethyl adjacent to an activating group) is 1. The van der Waals surface area contributed by atoms with E-state index in [1.165, 1.54) is 25.7 Å². The maximum atomic E-state index is 8.78. The van der Waals surface area contributed by atoms with E-state index in [4.69, 9.17) is 10.2 Å². The molecule has 0 aromatic carbocycles. The largest absolute Gasteiger partial charge is 0.396 e. The van der Waals surface area contributed by atoms with Gasteiger partial charge < -0.3 is 15.1 Å². The molecule has 128 valence electrons. The topological polar surface area (TPSA) is 59.0 Å². The number of unbranched alkanes of at least 4 members (excludes halogenated alkanes) is 6. The zero-order chi connectivity index (χ0) is 15.8. The van der Waals surface area contributed by atoms with Gasteiger partial charge in [0.1, 0.15) is 0 Å². The molecule has 0 aliphatic heterocycles. The number of rotatable bonds is 16. The third kappa shape index (κ3) is 16.0. The van der Waals surface area contributed by atoms with Crippen LogP contribution >= 0.6 is 0 Å². The number of aliphatic hydroxyl groups is 2. The lowest BCUT2D eigenvalue weighted by atomic mass is 10.2. The molecule has 0 aromatic heterocycles. The van der Waals surface area contributed by atoms with Crippen LogP contribution in [-0.4, -0.2) is 73.6 Å². The highest BCUT2D eigenvalue weighted by Crippen LogP contribution is 2.02. The van der Waals surface area contributed by atoms with E-state index in [1.807, 2.05) is 0 Å². The fraction of sp³-hybridized carbons (Fsp3) is 1.00. The highest BCUT2D eigenvalue weighted by Gasteiger charge is 2.04. The Hall–Kier alpha value is -0.200. The molecule has 0 aliphatic rings. The molecule has 0 radical (unpaired) electrons. The lowest BCUT2D eigenvalue weighted by Gasteiger charge is -2.25. The van der Waals surface area contributed by atoms with Gasteiger partial charge in [-0.15, -0.1) is 0 Å². The van der Waals surface area contributed by atoms with Crippen LogP contribution < -0.4 is 5.43 Å². The van der Waals surface area contributed by atoms with Crippen molar-refractivity contribution in [3.8, 4) is 0 Å². The van der Waals surface area contributed by atoms with Crippen molar-refractivity contribution in [3.05, 3.63) is 0 Å². The van der Waals surface area contributed by atoms with E-state index in [-0.39, 0.29) is 0 Å². The standard InChI is InChI=1S/C16H37N3O2/c1-18(2)13-14-19(12-8-4-6-10-16-21)17-11-7-3-5-9-15-20/h17,20-21H,3-16H2,1-2H3. The number of aliphatic hydroxyl groups excluding tert-OH is 2. The van der Waals surface area contributed by atoms with Gasteiger partial charge in [0.05, 0.1) is 0 Å². The maximum Gasteiger partial charge on any atom is 0.0431 e. The van der Waals surface area contributed by atoms with Gasteiger partial charge in [-0.3, -0.25) is 5.43 Å². The normalized spacial score (nSPS) is 11.7. The summed E-state index contributed by atoms with van der Waals surface area (Å²) >= 11 is 0. The quantitative estimate of drug-likeness (QED) is 0.298. The van der Waals surface area contributed by atoms with Crippen molar-refractivity contribution < 1.29 is 10.2 Å². The third-order valence-corrected chi connectivity index (χ3v) is 3.57. The minimum absolute atomic E-state index is 0.316. The first kappa shape index (κ1) is 20.8. The molecule has 3 N–H and O–H groups in total. The van der Waals surface area contributed by atoms with Crippen LogP contribution in [0.2, 0.25) is 0 Å². The average Bonchev–Trinajstić information content (AvgIpc) is 2.47. The zero-order valence-corrected chi connectivity index (χ0v) is 14.2. The summed E-state index contributed by atoms with van der Waals surface area (Å²) in [7, 11) is 4.21. The molecule has 0 heterocycles. The van der Waals surface area contributed by atoms with Gasteiger partial charge in [0, 0.05) is 39.4 Å². The van der Waals surface area contributed by atoms with E-state index in [2.05, 4.69) is 29.4 Å². The molecule has 21 heavy (non-hydrogen) atoms. The predicted octanol–water partition coefficient (Wildman–Crippen LogP) is 1.46. The molecule has 0 saturated heterocycles. The predicted molar refractivity (Wildman–Crippen MR) is 89.2 cm³/mol. The average molecular weight is 303 g/mol. The van der Waals surface area contributed by atoms with Crippen molar-refractivity contribution in [2.45, 2.75) is 51.4 Å². The molecule has 0 spiro atoms. The van der Waals surface area contributed by atoms with Crippen LogP contribution in [0.4, 0.5) is 0 Å². The third-order valence-electron chi connectivity index (χ3n) is 3.57. The van der Waals surface area contributed by atoms with Gasteiger partial charge in [-0.1, -0.05) is 25.7 Å². The van der Waals surface area contributed by atoms with E-state index in [1.54, 1.807) is 0 Å². The Morgan fingerprint density at radius 3 is 1.81 bits per heavy atom. The smallest absolute Gasteiger partial charge is 0.0431 e. The van der Waals surface area contributed by atoms with Gasteiger partial charge >= 0.3 is 0 Å². The van der Waals surface area contributed by atoms with Gasteiger partial charge in [-0.25, -0.2) is 5.01 Å². The zero-order valence-electron chi connectivity index (χ0n) is 14.2. The molecule has 0 rings (SSSR count). The van der Waals surface area contributed by atoms with Gasteiger partial charge in [0.2, 0.25) is 0 Å². The Morgan fingerprint density at radius 2 is 1.24 bits per heavy atom. The highest BCUT2D eigenvalue weighted by molar-refractivity contribution is 4.57. The van der Waals surface area contributed by atoms with Gasteiger partial charge in [0.25, 0.3) is 0 Å². The molecule has 5 heteroatoms. The van der Waals surface area contributed by atoms with Crippen LogP contribution in [0.25, 0.3) is 0 Å². The number of hydrogen-bond acceptors (Lipinski definition) is 5. The van der Waals surface area contributed by atoms with E-state index in [9.17, 15) is 0 Å². The van der Waals surface area contributed by atoms with Crippen LogP contribution in [0, 0.1) is 0 Å². The second-order valence-corrected chi connectivity index (χ2v) is 5.97. The fourth-order valence-corrected chi connectivity index (χ4v) is 2.19. The van der Waals surface area contributed by atoms with Crippen LogP contribution in [0.1, 0.15) is 51.4 Å². The van der Waals surface area contributed by atoms with Crippen molar-refractivity contribution in [3.63, 3.8) is 0 Å². The first-order valence-corrected chi connectivity index (χ1v) is 8.55. The van der Waals surface area contributed by atoms with Crippen molar-refractivity contribution in [1.29, 1.82) is 0 Å². The first-order valence-electron chi connectivity index (χ1n) is 8.55. The van der Waals surface area contributed by atoms with Crippen molar-refractivity contribution in [2.75, 3.05) is 53.5 Å². The van der Waals surface area contributed by atoms with Crippen LogP contribution in [0.15, 0.2) is 0 Å². The molecule has 0 unspecified atom stereocenters. The fourth-order valence-electron chi connectivity index (χ4n) is 2.19. The summed E-state index contributed by atoms with van der Waals surface area (Å²) in [5, 5.41) is 19.9. The molecule has 0 atom stereocenters. The minimum Gasteiger partial charge on any atom is -0.396 e. The van der Waals surface area contributed by atoms with Crippen molar-refractivity contribution in [2.24, 2.45) is 0 Å². The van der Waals surface area contributed by atoms with E-state index in [0.717, 1.165) is 51.9 Å². The second kappa shape index (κ2) is 16.2. The molecular weight excluding hydrogens is 266 g/mol. The summed E-state index contributed by atoms with van der Waals surface area (Å²) < 4.78 is 0. The van der Waals surface area contributed by atoms with Crippen molar-refractivity contribution >= 4 is 0 Å². The lowest BCUT2D eigenvalue weighted by Crippen LogP contribution is -2.43. The maximum absolute atomic E-state index is 8.78. The molecule has 0 amide bonds. The van der Waals surface area contributed by atoms with Gasteiger partial charge in [-0.05, 0) is 39.8 Å². The van der Waals surface area contributed by atoms with Crippen LogP contribution in [0.3, 0.4) is 0 Å². The molecular formula is C16H37N3O2. The van der Waals surface area contributed by atoms with E-state index in [0.29, 0.717) is 13.2 Å². The van der Waals surface area contributed by atoms with E-state index >= 15 is 0 Å². The molecule has 0 saturated carbocycles. The van der Waals surface area contributed by atoms with Gasteiger partial charge in [-0.2, -0.15) is 0 Å². The molecule has 5 nitrogen and oxygen atoms in total. The van der Waals surface area contributed by atoms with Crippen LogP contribution in [-0.2, 0) is 0 Å². The molecule has 0 aliphatic carbocycles. The second-order valence-electron chi connectivity index (χ2n) is 5.97. The van der Waals surface area contributed by atoms with Crippen molar-refractivity contribution in [1.82, 2.24) is 15.3 Å². The first-order chi connectivity index (χ1) is 10.2. The number of hydrogen-bond donors (Lipinski definition) is 3. The molecule has 0 aromatic rings. The Balaban J connectivity index is 3.69. The number of hydrazine groups is 1. The number of nitrogens with one attached hydrogen (secondary N) is 1. The Labute approximate surface area is 131 Å². The van der Waals surface area contributed by atoms with Crippen LogP contribution in [0.5, 0.6) is 0 Å². The number of nitrogens with zero attached hydrogens (tertiary/aromatic N) is 2. The summed E-state index contributed by atoms with van der Waals surface area (Å²) in [5.74, 6) is 0. The lowest BCUT2D eigenvalue weighted by molar-refractivity contribution is 0.164. The SMILES string of the molecule is CN(C)CCN(CCCCCCO)NCCCCCCO. The summed E-state index contributed by atoms with van der Waals surface area (Å²) in [6.07, 6.45) is 8.83. The highest BCUT2D eigenvalue weighted by atomic mass is 16.3. The monoisotopic (exact) mass is 303 g/mol. The summed E-state index contributed by atoms with van der Waals surface area (Å²) in [4.78, 5) is 2.21. The molecule has 0 bridgehead atoms. The summed E-state index contributed by atoms with van der Waals surface area (Å²) in [5.41, 5.74) is 3.54. The van der Waals surface area contributed by atoms with E-state index < -0.39 is 0 Å². The Kier molecular flexibility index (Phi) is 16.0. The summed E-state index contributed by atoms with van der Waals surface area (Å²) in [6.45, 7) is 4.84.